The quantitative estimate of drug-likeness (QED) is 0.832. The summed E-state index contributed by atoms with van der Waals surface area (Å²) in [5.74, 6) is -1.14. The normalized spacial score (nSPS) is 18.6. The van der Waals surface area contributed by atoms with Gasteiger partial charge in [-0.05, 0) is 43.9 Å². The van der Waals surface area contributed by atoms with Crippen LogP contribution in [0, 0.1) is 17.6 Å². The third-order valence-electron chi connectivity index (χ3n) is 4.18. The molecule has 1 aromatic carbocycles. The number of halogens is 2. The minimum Gasteiger partial charge on any atom is -0.381 e. The molecule has 0 saturated carbocycles. The van der Waals surface area contributed by atoms with E-state index in [1.165, 1.54) is 7.05 Å². The maximum Gasteiger partial charge on any atom is 0.214 e. The summed E-state index contributed by atoms with van der Waals surface area (Å²) in [4.78, 5) is 0. The molecule has 1 aromatic rings. The van der Waals surface area contributed by atoms with Gasteiger partial charge in [0.25, 0.3) is 0 Å². The van der Waals surface area contributed by atoms with E-state index >= 15 is 0 Å². The number of nitrogens with zero attached hydrogens (tertiary/aromatic N) is 1. The van der Waals surface area contributed by atoms with E-state index in [0.717, 1.165) is 22.5 Å². The van der Waals surface area contributed by atoms with E-state index in [4.69, 9.17) is 4.74 Å². The zero-order chi connectivity index (χ0) is 16.3. The summed E-state index contributed by atoms with van der Waals surface area (Å²) in [5, 5.41) is 0. The first kappa shape index (κ1) is 17.3. The van der Waals surface area contributed by atoms with Crippen LogP contribution in [0.2, 0.25) is 0 Å². The summed E-state index contributed by atoms with van der Waals surface area (Å²) in [6.45, 7) is 2.69. The summed E-state index contributed by atoms with van der Waals surface area (Å²) >= 11 is 0. The Bertz CT molecular complexity index is 615. The van der Waals surface area contributed by atoms with Crippen LogP contribution in [0.3, 0.4) is 0 Å². The number of rotatable bonds is 5. The van der Waals surface area contributed by atoms with Gasteiger partial charge in [-0.3, -0.25) is 0 Å². The summed E-state index contributed by atoms with van der Waals surface area (Å²) in [6, 6.07) is 2.31. The molecular formula is C15H21F2NO3S. The van der Waals surface area contributed by atoms with Crippen LogP contribution >= 0.6 is 0 Å². The molecule has 4 nitrogen and oxygen atoms in total. The molecule has 0 aromatic heterocycles. The third-order valence-corrected chi connectivity index (χ3v) is 6.27. The molecule has 0 N–H and O–H groups in total. The molecule has 1 fully saturated rings. The van der Waals surface area contributed by atoms with Gasteiger partial charge in [0.15, 0.2) is 0 Å². The van der Waals surface area contributed by atoms with Crippen LogP contribution in [0.15, 0.2) is 18.2 Å². The second-order valence-electron chi connectivity index (χ2n) is 5.69. The molecule has 0 spiro atoms. The molecule has 1 saturated heterocycles. The lowest BCUT2D eigenvalue weighted by Gasteiger charge is -2.28. The summed E-state index contributed by atoms with van der Waals surface area (Å²) in [6.07, 6.45) is 1.41. The first-order valence-corrected chi connectivity index (χ1v) is 8.90. The van der Waals surface area contributed by atoms with E-state index in [1.54, 1.807) is 6.92 Å². The highest BCUT2D eigenvalue weighted by Crippen LogP contribution is 2.27. The molecule has 7 heteroatoms. The van der Waals surface area contributed by atoms with Gasteiger partial charge in [0.2, 0.25) is 10.0 Å². The highest BCUT2D eigenvalue weighted by Gasteiger charge is 2.29. The molecule has 124 valence electrons. The highest BCUT2D eigenvalue weighted by atomic mass is 32.2. The van der Waals surface area contributed by atoms with E-state index in [2.05, 4.69) is 0 Å². The molecule has 0 amide bonds. The van der Waals surface area contributed by atoms with Gasteiger partial charge in [-0.2, -0.15) is 4.31 Å². The second kappa shape index (κ2) is 7.02. The predicted molar refractivity (Wildman–Crippen MR) is 79.9 cm³/mol. The number of ether oxygens (including phenoxy) is 1. The van der Waals surface area contributed by atoms with E-state index in [0.29, 0.717) is 26.1 Å². The van der Waals surface area contributed by atoms with Gasteiger partial charge in [-0.1, -0.05) is 0 Å². The fraction of sp³-hybridized carbons (Fsp3) is 0.600. The third kappa shape index (κ3) is 4.02. The van der Waals surface area contributed by atoms with E-state index < -0.39 is 27.7 Å². The molecule has 1 aliphatic heterocycles. The van der Waals surface area contributed by atoms with E-state index in [9.17, 15) is 17.2 Å². The van der Waals surface area contributed by atoms with Crippen LogP contribution in [0.4, 0.5) is 8.78 Å². The number of sulfonamides is 1. The molecule has 0 aliphatic carbocycles. The molecule has 22 heavy (non-hydrogen) atoms. The van der Waals surface area contributed by atoms with Gasteiger partial charge in [-0.25, -0.2) is 17.2 Å². The number of hydrogen-bond acceptors (Lipinski definition) is 3. The maximum absolute atomic E-state index is 13.8. The Balaban J connectivity index is 2.14. The van der Waals surface area contributed by atoms with Crippen molar-refractivity contribution in [3.8, 4) is 0 Å². The Morgan fingerprint density at radius 2 is 1.95 bits per heavy atom. The lowest BCUT2D eigenvalue weighted by atomic mass is 10.0. The molecule has 1 aliphatic rings. The van der Waals surface area contributed by atoms with Crippen molar-refractivity contribution in [1.82, 2.24) is 4.31 Å². The first-order chi connectivity index (χ1) is 10.3. The van der Waals surface area contributed by atoms with Crippen LogP contribution in [0.1, 0.15) is 31.4 Å². The van der Waals surface area contributed by atoms with Gasteiger partial charge in [0, 0.05) is 31.9 Å². The van der Waals surface area contributed by atoms with Crippen molar-refractivity contribution in [1.29, 1.82) is 0 Å². The minimum atomic E-state index is -3.55. The van der Waals surface area contributed by atoms with E-state index in [-0.39, 0.29) is 17.2 Å². The highest BCUT2D eigenvalue weighted by molar-refractivity contribution is 7.89. The zero-order valence-corrected chi connectivity index (χ0v) is 13.6. The van der Waals surface area contributed by atoms with Crippen LogP contribution in [-0.2, 0) is 14.8 Å². The Hall–Kier alpha value is -1.05. The van der Waals surface area contributed by atoms with Gasteiger partial charge in [-0.15, -0.1) is 0 Å². The van der Waals surface area contributed by atoms with Crippen LogP contribution in [0.5, 0.6) is 0 Å². The number of benzene rings is 1. The predicted octanol–water partition coefficient (Wildman–Crippen LogP) is 2.71. The monoisotopic (exact) mass is 333 g/mol. The van der Waals surface area contributed by atoms with Gasteiger partial charge >= 0.3 is 0 Å². The minimum absolute atomic E-state index is 0.00807. The lowest BCUT2D eigenvalue weighted by Crippen LogP contribution is -2.35. The van der Waals surface area contributed by atoms with Crippen molar-refractivity contribution in [2.24, 2.45) is 5.92 Å². The summed E-state index contributed by atoms with van der Waals surface area (Å²) in [5.41, 5.74) is 0.0399. The van der Waals surface area contributed by atoms with Crippen molar-refractivity contribution in [3.05, 3.63) is 35.4 Å². The van der Waals surface area contributed by atoms with E-state index in [1.807, 2.05) is 0 Å². The van der Waals surface area contributed by atoms with Crippen LogP contribution in [0.25, 0.3) is 0 Å². The topological polar surface area (TPSA) is 46.6 Å². The van der Waals surface area contributed by atoms with Gasteiger partial charge in [0.1, 0.15) is 11.6 Å². The Kier molecular flexibility index (Phi) is 5.52. The zero-order valence-electron chi connectivity index (χ0n) is 12.8. The van der Waals surface area contributed by atoms with Crippen molar-refractivity contribution in [2.45, 2.75) is 25.8 Å². The van der Waals surface area contributed by atoms with Crippen LogP contribution in [-0.4, -0.2) is 38.7 Å². The van der Waals surface area contributed by atoms with Crippen molar-refractivity contribution in [3.63, 3.8) is 0 Å². The summed E-state index contributed by atoms with van der Waals surface area (Å²) < 4.78 is 58.4. The van der Waals surface area contributed by atoms with Gasteiger partial charge < -0.3 is 4.74 Å². The Labute approximate surface area is 130 Å². The molecule has 1 heterocycles. The van der Waals surface area contributed by atoms with Gasteiger partial charge in [0.05, 0.1) is 5.75 Å². The van der Waals surface area contributed by atoms with Crippen molar-refractivity contribution >= 4 is 10.0 Å². The second-order valence-corrected chi connectivity index (χ2v) is 7.77. The smallest absolute Gasteiger partial charge is 0.214 e. The standard InChI is InChI=1S/C15H21F2NO3S/c1-11(14-9-13(16)3-4-15(14)17)18(2)22(19,20)10-12-5-7-21-8-6-12/h3-4,9,11-12H,5-8,10H2,1-2H3. The molecular weight excluding hydrogens is 312 g/mol. The Morgan fingerprint density at radius 1 is 1.32 bits per heavy atom. The fourth-order valence-corrected chi connectivity index (χ4v) is 4.36. The average molecular weight is 333 g/mol. The van der Waals surface area contributed by atoms with Crippen LogP contribution < -0.4 is 0 Å². The largest absolute Gasteiger partial charge is 0.381 e. The SMILES string of the molecule is CC(c1cc(F)ccc1F)N(C)S(=O)(=O)CC1CCOCC1. The fourth-order valence-electron chi connectivity index (χ4n) is 2.60. The summed E-state index contributed by atoms with van der Waals surface area (Å²) in [7, 11) is -2.14. The molecule has 0 bridgehead atoms. The first-order valence-electron chi connectivity index (χ1n) is 7.29. The molecule has 2 rings (SSSR count). The maximum atomic E-state index is 13.8. The Morgan fingerprint density at radius 3 is 2.59 bits per heavy atom. The molecule has 0 radical (unpaired) electrons. The molecule has 1 atom stereocenters. The van der Waals surface area contributed by atoms with Crippen molar-refractivity contribution in [2.75, 3.05) is 26.0 Å². The number of hydrogen-bond donors (Lipinski definition) is 0. The van der Waals surface area contributed by atoms with Crippen molar-refractivity contribution < 1.29 is 21.9 Å². The lowest BCUT2D eigenvalue weighted by molar-refractivity contribution is 0.0720. The average Bonchev–Trinajstić information content (AvgIpc) is 2.49. The molecule has 1 unspecified atom stereocenters.